The van der Waals surface area contributed by atoms with Gasteiger partial charge in [0.2, 0.25) is 11.8 Å². The molecule has 9 nitrogen and oxygen atoms in total. The summed E-state index contributed by atoms with van der Waals surface area (Å²) in [5, 5.41) is 8.15. The van der Waals surface area contributed by atoms with Gasteiger partial charge in [-0.15, -0.1) is 0 Å². The minimum absolute atomic E-state index is 0.00436. The zero-order chi connectivity index (χ0) is 27.5. The minimum Gasteiger partial charge on any atom is -0.325 e. The molecule has 1 aliphatic carbocycles. The number of aryl methyl sites for hydroxylation is 1. The Morgan fingerprint density at radius 3 is 2.59 bits per heavy atom. The molecule has 1 saturated carbocycles. The molecule has 2 fully saturated rings. The van der Waals surface area contributed by atoms with E-state index < -0.39 is 6.04 Å². The van der Waals surface area contributed by atoms with E-state index in [0.717, 1.165) is 23.1 Å². The minimum atomic E-state index is -0.603. The SMILES string of the molecule is CC(=O)c1nn(CC(=O)N2[C@H](C(=O)Nc3nc(Br)ccc3C)C[C@@]3(C)C[C@@H]23)c2ccc(-c3ccncc3)cc12. The molecule has 0 radical (unpaired) electrons. The van der Waals surface area contributed by atoms with E-state index in [1.165, 1.54) is 6.92 Å². The van der Waals surface area contributed by atoms with Crippen molar-refractivity contribution in [2.75, 3.05) is 5.32 Å². The Morgan fingerprint density at radius 1 is 1.08 bits per heavy atom. The molecule has 4 heterocycles. The highest BCUT2D eigenvalue weighted by atomic mass is 79.9. The monoisotopic (exact) mass is 586 g/mol. The molecule has 1 saturated heterocycles. The summed E-state index contributed by atoms with van der Waals surface area (Å²) in [6, 6.07) is 12.6. The van der Waals surface area contributed by atoms with Crippen LogP contribution < -0.4 is 5.32 Å². The van der Waals surface area contributed by atoms with Gasteiger partial charge in [-0.25, -0.2) is 4.98 Å². The molecule has 6 rings (SSSR count). The van der Waals surface area contributed by atoms with Crippen LogP contribution >= 0.6 is 15.9 Å². The lowest BCUT2D eigenvalue weighted by molar-refractivity contribution is -0.138. The third-order valence-corrected chi connectivity index (χ3v) is 8.35. The van der Waals surface area contributed by atoms with E-state index in [4.69, 9.17) is 0 Å². The summed E-state index contributed by atoms with van der Waals surface area (Å²) in [6.07, 6.45) is 4.90. The first-order chi connectivity index (χ1) is 18.6. The number of nitrogens with one attached hydrogen (secondary N) is 1. The molecule has 2 amide bonds. The first-order valence-corrected chi connectivity index (χ1v) is 13.6. The van der Waals surface area contributed by atoms with Gasteiger partial charge in [-0.2, -0.15) is 5.10 Å². The second kappa shape index (κ2) is 9.37. The van der Waals surface area contributed by atoms with E-state index in [1.807, 2.05) is 49.4 Å². The van der Waals surface area contributed by atoms with E-state index in [0.29, 0.717) is 33.4 Å². The number of fused-ring (bicyclic) bond motifs is 2. The molecular weight excluding hydrogens is 560 g/mol. The zero-order valence-corrected chi connectivity index (χ0v) is 23.4. The second-order valence-corrected chi connectivity index (χ2v) is 11.5. The number of carbonyl (C=O) groups is 3. The molecule has 1 aliphatic heterocycles. The fraction of sp³-hybridized carbons (Fsp3) is 0.310. The zero-order valence-electron chi connectivity index (χ0n) is 21.8. The molecule has 39 heavy (non-hydrogen) atoms. The topological polar surface area (TPSA) is 110 Å². The van der Waals surface area contributed by atoms with Crippen molar-refractivity contribution in [2.24, 2.45) is 5.41 Å². The average molecular weight is 587 g/mol. The Hall–Kier alpha value is -3.92. The van der Waals surface area contributed by atoms with E-state index >= 15 is 0 Å². The summed E-state index contributed by atoms with van der Waals surface area (Å²) < 4.78 is 2.20. The van der Waals surface area contributed by atoms with E-state index in [1.54, 1.807) is 22.0 Å². The van der Waals surface area contributed by atoms with Crippen LogP contribution in [0.15, 0.2) is 59.5 Å². The molecule has 3 atom stereocenters. The smallest absolute Gasteiger partial charge is 0.248 e. The van der Waals surface area contributed by atoms with E-state index in [-0.39, 0.29) is 35.6 Å². The number of benzene rings is 1. The molecule has 0 unspecified atom stereocenters. The van der Waals surface area contributed by atoms with Crippen LogP contribution in [0.1, 0.15) is 42.7 Å². The molecule has 198 valence electrons. The molecule has 1 N–H and O–H groups in total. The van der Waals surface area contributed by atoms with Gasteiger partial charge in [-0.05, 0) is 88.1 Å². The maximum Gasteiger partial charge on any atom is 0.248 e. The van der Waals surface area contributed by atoms with Crippen LogP contribution in [0.3, 0.4) is 0 Å². The Kier molecular flexibility index (Phi) is 6.10. The number of amides is 2. The van der Waals surface area contributed by atoms with Gasteiger partial charge in [-0.3, -0.25) is 24.0 Å². The van der Waals surface area contributed by atoms with Gasteiger partial charge in [-0.1, -0.05) is 19.1 Å². The number of piperidine rings is 1. The Labute approximate surface area is 233 Å². The van der Waals surface area contributed by atoms with Crippen molar-refractivity contribution >= 4 is 50.2 Å². The van der Waals surface area contributed by atoms with Gasteiger partial charge in [0.25, 0.3) is 0 Å². The van der Waals surface area contributed by atoms with Crippen molar-refractivity contribution < 1.29 is 14.4 Å². The number of hydrogen-bond donors (Lipinski definition) is 1. The predicted octanol–water partition coefficient (Wildman–Crippen LogP) is 4.79. The van der Waals surface area contributed by atoms with Gasteiger partial charge < -0.3 is 10.2 Å². The Morgan fingerprint density at radius 2 is 1.85 bits per heavy atom. The van der Waals surface area contributed by atoms with Crippen LogP contribution in [0.5, 0.6) is 0 Å². The van der Waals surface area contributed by atoms with Crippen molar-refractivity contribution in [3.63, 3.8) is 0 Å². The van der Waals surface area contributed by atoms with Crippen molar-refractivity contribution in [2.45, 2.75) is 52.2 Å². The molecule has 1 aromatic carbocycles. The predicted molar refractivity (Wildman–Crippen MR) is 150 cm³/mol. The quantitative estimate of drug-likeness (QED) is 0.257. The van der Waals surface area contributed by atoms with E-state index in [9.17, 15) is 14.4 Å². The molecule has 4 aromatic rings. The normalized spacial score (nSPS) is 21.6. The molecule has 3 aromatic heterocycles. The number of likely N-dealkylation sites (tertiary alicyclic amines) is 1. The number of rotatable bonds is 6. The van der Waals surface area contributed by atoms with Crippen LogP contribution in [-0.2, 0) is 16.1 Å². The summed E-state index contributed by atoms with van der Waals surface area (Å²) in [4.78, 5) is 49.8. The standard InChI is InChI=1S/C29H27BrN6O3/c1-16-4-7-24(30)32-27(16)33-28(39)22-13-29(3)14-23(29)36(22)25(38)15-35-21-6-5-19(18-8-10-31-11-9-18)12-20(21)26(34-35)17(2)37/h4-12,22-23H,13-15H2,1-3H3,(H,32,33,39)/t22-,23+,29-/m0/s1. The first kappa shape index (κ1) is 25.4. The third kappa shape index (κ3) is 4.52. The second-order valence-electron chi connectivity index (χ2n) is 10.7. The van der Waals surface area contributed by atoms with Crippen LogP contribution in [0.2, 0.25) is 0 Å². The van der Waals surface area contributed by atoms with Crippen LogP contribution in [0, 0.1) is 12.3 Å². The maximum atomic E-state index is 13.8. The van der Waals surface area contributed by atoms with Gasteiger partial charge >= 0.3 is 0 Å². The number of aromatic nitrogens is 4. The van der Waals surface area contributed by atoms with Gasteiger partial charge in [0.1, 0.15) is 28.7 Å². The highest BCUT2D eigenvalue weighted by molar-refractivity contribution is 9.10. The number of ketones is 1. The number of anilines is 1. The lowest BCUT2D eigenvalue weighted by atomic mass is 10.0. The third-order valence-electron chi connectivity index (χ3n) is 7.91. The Balaban J connectivity index is 1.29. The molecule has 10 heteroatoms. The number of nitrogens with zero attached hydrogens (tertiary/aromatic N) is 5. The largest absolute Gasteiger partial charge is 0.325 e. The molecular formula is C29H27BrN6O3. The summed E-state index contributed by atoms with van der Waals surface area (Å²) >= 11 is 3.35. The Bertz CT molecular complexity index is 1650. The van der Waals surface area contributed by atoms with Gasteiger partial charge in [0, 0.05) is 30.7 Å². The van der Waals surface area contributed by atoms with E-state index in [2.05, 4.69) is 43.2 Å². The highest BCUT2D eigenvalue weighted by Crippen LogP contribution is 2.59. The maximum absolute atomic E-state index is 13.8. The fourth-order valence-corrected chi connectivity index (χ4v) is 5.99. The number of carbonyl (C=O) groups excluding carboxylic acids is 3. The highest BCUT2D eigenvalue weighted by Gasteiger charge is 2.64. The van der Waals surface area contributed by atoms with Crippen molar-refractivity contribution in [1.29, 1.82) is 0 Å². The van der Waals surface area contributed by atoms with Crippen LogP contribution in [0.25, 0.3) is 22.0 Å². The summed E-state index contributed by atoms with van der Waals surface area (Å²) in [6.45, 7) is 5.40. The number of pyridine rings is 2. The van der Waals surface area contributed by atoms with Gasteiger partial charge in [0.05, 0.1) is 5.52 Å². The average Bonchev–Trinajstić information content (AvgIpc) is 3.28. The lowest BCUT2D eigenvalue weighted by Gasteiger charge is -2.27. The fourth-order valence-electron chi connectivity index (χ4n) is 5.69. The van der Waals surface area contributed by atoms with Crippen molar-refractivity contribution in [3.05, 3.63) is 70.7 Å². The number of hydrogen-bond acceptors (Lipinski definition) is 6. The van der Waals surface area contributed by atoms with Crippen LogP contribution in [-0.4, -0.2) is 54.3 Å². The summed E-state index contributed by atoms with van der Waals surface area (Å²) in [5.41, 5.74) is 3.67. The van der Waals surface area contributed by atoms with Crippen molar-refractivity contribution in [3.8, 4) is 11.1 Å². The van der Waals surface area contributed by atoms with Crippen LogP contribution in [0.4, 0.5) is 5.82 Å². The first-order valence-electron chi connectivity index (χ1n) is 12.8. The summed E-state index contributed by atoms with van der Waals surface area (Å²) in [7, 11) is 0. The van der Waals surface area contributed by atoms with Crippen molar-refractivity contribution in [1.82, 2.24) is 24.6 Å². The summed E-state index contributed by atoms with van der Waals surface area (Å²) in [5.74, 6) is -0.148. The number of Topliss-reactive ketones (excluding diaryl/α,β-unsaturated/α-hetero) is 1. The molecule has 2 aliphatic rings. The lowest BCUT2D eigenvalue weighted by Crippen LogP contribution is -2.47. The molecule has 0 bridgehead atoms. The van der Waals surface area contributed by atoms with Gasteiger partial charge in [0.15, 0.2) is 5.78 Å². The number of halogens is 1. The molecule has 0 spiro atoms.